The summed E-state index contributed by atoms with van der Waals surface area (Å²) in [6.45, 7) is 0. The highest BCUT2D eigenvalue weighted by molar-refractivity contribution is 9.10. The quantitative estimate of drug-likeness (QED) is 0.842. The number of nitrogens with two attached hydrogens (primary N) is 1. The Hall–Kier alpha value is -1.33. The van der Waals surface area contributed by atoms with E-state index in [4.69, 9.17) is 5.73 Å². The van der Waals surface area contributed by atoms with Crippen LogP contribution < -0.4 is 5.73 Å². The van der Waals surface area contributed by atoms with E-state index in [1.807, 2.05) is 24.3 Å². The molecule has 2 aromatic rings. The Morgan fingerprint density at radius 2 is 1.53 bits per heavy atom. The van der Waals surface area contributed by atoms with E-state index in [0.717, 1.165) is 22.2 Å². The van der Waals surface area contributed by atoms with Gasteiger partial charge in [-0.25, -0.2) is 13.2 Å². The number of halogens is 4. The molecule has 0 spiro atoms. The molecule has 2 N–H and O–H groups in total. The Balaban J connectivity index is 2.20. The molecule has 0 amide bonds. The third kappa shape index (κ3) is 3.36. The Labute approximate surface area is 117 Å². The normalized spacial score (nSPS) is 12.5. The van der Waals surface area contributed by atoms with Gasteiger partial charge in [-0.15, -0.1) is 0 Å². The van der Waals surface area contributed by atoms with E-state index < -0.39 is 23.5 Å². The summed E-state index contributed by atoms with van der Waals surface area (Å²) in [6, 6.07) is 8.71. The summed E-state index contributed by atoms with van der Waals surface area (Å²) in [5.74, 6) is -3.91. The Bertz CT molecular complexity index is 561. The molecule has 0 fully saturated rings. The van der Waals surface area contributed by atoms with Crippen molar-refractivity contribution in [1.29, 1.82) is 0 Å². The lowest BCUT2D eigenvalue weighted by Crippen LogP contribution is -2.14. The standard InChI is InChI=1S/C14H11BrF3N/c15-10-3-1-8(2-4-10)5-13(19)9-6-11(16)14(18)12(17)7-9/h1-4,6-7,13H,5,19H2. The van der Waals surface area contributed by atoms with Gasteiger partial charge in [-0.1, -0.05) is 28.1 Å². The highest BCUT2D eigenvalue weighted by Crippen LogP contribution is 2.21. The van der Waals surface area contributed by atoms with Crippen LogP contribution in [0.4, 0.5) is 13.2 Å². The van der Waals surface area contributed by atoms with Crippen LogP contribution in [-0.4, -0.2) is 0 Å². The van der Waals surface area contributed by atoms with Gasteiger partial charge >= 0.3 is 0 Å². The molecule has 1 unspecified atom stereocenters. The van der Waals surface area contributed by atoms with E-state index in [2.05, 4.69) is 15.9 Å². The molecule has 0 aliphatic rings. The van der Waals surface area contributed by atoms with Crippen LogP contribution in [0.1, 0.15) is 17.2 Å². The van der Waals surface area contributed by atoms with Crippen LogP contribution in [0.3, 0.4) is 0 Å². The number of benzene rings is 2. The lowest BCUT2D eigenvalue weighted by atomic mass is 9.99. The van der Waals surface area contributed by atoms with Crippen LogP contribution in [0, 0.1) is 17.5 Å². The largest absolute Gasteiger partial charge is 0.324 e. The van der Waals surface area contributed by atoms with Gasteiger partial charge in [0.25, 0.3) is 0 Å². The lowest BCUT2D eigenvalue weighted by Gasteiger charge is -2.13. The highest BCUT2D eigenvalue weighted by Gasteiger charge is 2.15. The molecule has 100 valence electrons. The molecule has 0 bridgehead atoms. The molecule has 0 saturated carbocycles. The monoisotopic (exact) mass is 329 g/mol. The van der Waals surface area contributed by atoms with Crippen LogP contribution in [0.15, 0.2) is 40.9 Å². The van der Waals surface area contributed by atoms with Crippen molar-refractivity contribution in [1.82, 2.24) is 0 Å². The van der Waals surface area contributed by atoms with Crippen molar-refractivity contribution in [2.75, 3.05) is 0 Å². The number of rotatable bonds is 3. The van der Waals surface area contributed by atoms with Crippen molar-refractivity contribution in [3.8, 4) is 0 Å². The maximum absolute atomic E-state index is 13.1. The predicted octanol–water partition coefficient (Wildman–Crippen LogP) is 4.11. The van der Waals surface area contributed by atoms with E-state index in [0.29, 0.717) is 6.42 Å². The minimum Gasteiger partial charge on any atom is -0.324 e. The third-order valence-corrected chi connectivity index (χ3v) is 3.33. The van der Waals surface area contributed by atoms with Crippen molar-refractivity contribution >= 4 is 15.9 Å². The van der Waals surface area contributed by atoms with Gasteiger partial charge < -0.3 is 5.73 Å². The average Bonchev–Trinajstić information content (AvgIpc) is 2.38. The van der Waals surface area contributed by atoms with E-state index in [9.17, 15) is 13.2 Å². The first-order valence-electron chi connectivity index (χ1n) is 5.62. The molecule has 0 heterocycles. The average molecular weight is 330 g/mol. The fraction of sp³-hybridized carbons (Fsp3) is 0.143. The van der Waals surface area contributed by atoms with Crippen molar-refractivity contribution in [3.05, 3.63) is 69.4 Å². The van der Waals surface area contributed by atoms with Gasteiger partial charge in [0.2, 0.25) is 0 Å². The maximum atomic E-state index is 13.1. The van der Waals surface area contributed by atoms with Crippen LogP contribution in [-0.2, 0) is 6.42 Å². The molecule has 0 radical (unpaired) electrons. The van der Waals surface area contributed by atoms with Gasteiger partial charge in [0.15, 0.2) is 17.5 Å². The van der Waals surface area contributed by atoms with Gasteiger partial charge in [0.05, 0.1) is 0 Å². The minimum absolute atomic E-state index is 0.235. The molecular weight excluding hydrogens is 319 g/mol. The first-order valence-corrected chi connectivity index (χ1v) is 6.41. The Morgan fingerprint density at radius 3 is 2.05 bits per heavy atom. The van der Waals surface area contributed by atoms with Crippen LogP contribution in [0.2, 0.25) is 0 Å². The van der Waals surface area contributed by atoms with Gasteiger partial charge in [0.1, 0.15) is 0 Å². The second-order valence-electron chi connectivity index (χ2n) is 4.24. The molecule has 0 saturated heterocycles. The topological polar surface area (TPSA) is 26.0 Å². The summed E-state index contributed by atoms with van der Waals surface area (Å²) in [4.78, 5) is 0. The first kappa shape index (κ1) is 14.1. The Morgan fingerprint density at radius 1 is 1.00 bits per heavy atom. The second kappa shape index (κ2) is 5.75. The number of hydrogen-bond donors (Lipinski definition) is 1. The molecule has 5 heteroatoms. The first-order chi connectivity index (χ1) is 8.97. The van der Waals surface area contributed by atoms with E-state index in [1.54, 1.807) is 0 Å². The fourth-order valence-electron chi connectivity index (χ4n) is 1.78. The highest BCUT2D eigenvalue weighted by atomic mass is 79.9. The van der Waals surface area contributed by atoms with Gasteiger partial charge in [-0.2, -0.15) is 0 Å². The molecule has 1 nitrogen and oxygen atoms in total. The lowest BCUT2D eigenvalue weighted by molar-refractivity contribution is 0.443. The van der Waals surface area contributed by atoms with Crippen molar-refractivity contribution in [2.45, 2.75) is 12.5 Å². The summed E-state index contributed by atoms with van der Waals surface area (Å²) >= 11 is 3.31. The van der Waals surface area contributed by atoms with Gasteiger partial charge in [0, 0.05) is 10.5 Å². The summed E-state index contributed by atoms with van der Waals surface area (Å²) in [5, 5.41) is 0. The van der Waals surface area contributed by atoms with Crippen molar-refractivity contribution < 1.29 is 13.2 Å². The van der Waals surface area contributed by atoms with Crippen LogP contribution in [0.5, 0.6) is 0 Å². The molecule has 0 aliphatic heterocycles. The fourth-order valence-corrected chi connectivity index (χ4v) is 2.05. The van der Waals surface area contributed by atoms with E-state index >= 15 is 0 Å². The molecule has 1 atom stereocenters. The minimum atomic E-state index is -1.47. The molecular formula is C14H11BrF3N. The molecule has 2 aromatic carbocycles. The SMILES string of the molecule is NC(Cc1ccc(Br)cc1)c1cc(F)c(F)c(F)c1. The second-order valence-corrected chi connectivity index (χ2v) is 5.15. The summed E-state index contributed by atoms with van der Waals surface area (Å²) in [5.41, 5.74) is 7.05. The third-order valence-electron chi connectivity index (χ3n) is 2.80. The van der Waals surface area contributed by atoms with E-state index in [-0.39, 0.29) is 5.56 Å². The molecule has 0 aliphatic carbocycles. The predicted molar refractivity (Wildman–Crippen MR) is 71.1 cm³/mol. The van der Waals surface area contributed by atoms with Gasteiger partial charge in [-0.05, 0) is 41.8 Å². The smallest absolute Gasteiger partial charge is 0.194 e. The van der Waals surface area contributed by atoms with E-state index in [1.165, 1.54) is 0 Å². The van der Waals surface area contributed by atoms with Crippen molar-refractivity contribution in [2.24, 2.45) is 5.73 Å². The zero-order valence-electron chi connectivity index (χ0n) is 9.84. The summed E-state index contributed by atoms with van der Waals surface area (Å²) in [7, 11) is 0. The Kier molecular flexibility index (Phi) is 4.27. The maximum Gasteiger partial charge on any atom is 0.194 e. The molecule has 19 heavy (non-hydrogen) atoms. The zero-order chi connectivity index (χ0) is 14.0. The van der Waals surface area contributed by atoms with Crippen molar-refractivity contribution in [3.63, 3.8) is 0 Å². The molecule has 2 rings (SSSR count). The zero-order valence-corrected chi connectivity index (χ0v) is 11.4. The van der Waals surface area contributed by atoms with Crippen LogP contribution >= 0.6 is 15.9 Å². The van der Waals surface area contributed by atoms with Gasteiger partial charge in [-0.3, -0.25) is 0 Å². The molecule has 0 aromatic heterocycles. The number of hydrogen-bond acceptors (Lipinski definition) is 1. The summed E-state index contributed by atoms with van der Waals surface area (Å²) < 4.78 is 40.0. The van der Waals surface area contributed by atoms with Crippen LogP contribution in [0.25, 0.3) is 0 Å². The summed E-state index contributed by atoms with van der Waals surface area (Å²) in [6.07, 6.45) is 0.414.